The van der Waals surface area contributed by atoms with Crippen LogP contribution in [-0.4, -0.2) is 40.6 Å². The van der Waals surface area contributed by atoms with Crippen molar-refractivity contribution in [1.29, 1.82) is 0 Å². The lowest BCUT2D eigenvalue weighted by atomic mass is 9.90. The number of sulfone groups is 1. The standard InChI is InChI=1S/C21H26N4O2S/c26-28(27,19-4-2-1-3-5-19)20(17-10-12-22-13-11-17)16-6-8-18(9-7-16)25-21-23-14-15-24-21/h1-9,17,20,22H,10-15H2,(H2,23,24,25). The summed E-state index contributed by atoms with van der Waals surface area (Å²) in [5.41, 5.74) is 1.75. The number of nitrogens with zero attached hydrogens (tertiary/aromatic N) is 1. The molecule has 2 aromatic carbocycles. The second-order valence-electron chi connectivity index (χ2n) is 7.27. The smallest absolute Gasteiger partial charge is 0.195 e. The van der Waals surface area contributed by atoms with Crippen molar-refractivity contribution in [3.63, 3.8) is 0 Å². The Morgan fingerprint density at radius 3 is 2.32 bits per heavy atom. The van der Waals surface area contributed by atoms with Gasteiger partial charge in [0.15, 0.2) is 15.8 Å². The molecule has 28 heavy (non-hydrogen) atoms. The van der Waals surface area contributed by atoms with Crippen LogP contribution in [0.15, 0.2) is 64.5 Å². The van der Waals surface area contributed by atoms with E-state index in [9.17, 15) is 8.42 Å². The Balaban J connectivity index is 1.65. The molecule has 2 heterocycles. The van der Waals surface area contributed by atoms with Gasteiger partial charge in [0, 0.05) is 12.2 Å². The maximum absolute atomic E-state index is 13.5. The third-order valence-corrected chi connectivity index (χ3v) is 7.65. The normalized spacial score (nSPS) is 18.9. The van der Waals surface area contributed by atoms with E-state index in [1.165, 1.54) is 0 Å². The Kier molecular flexibility index (Phi) is 5.64. The van der Waals surface area contributed by atoms with Crippen molar-refractivity contribution in [2.45, 2.75) is 23.0 Å². The van der Waals surface area contributed by atoms with Crippen molar-refractivity contribution < 1.29 is 8.42 Å². The van der Waals surface area contributed by atoms with E-state index in [4.69, 9.17) is 0 Å². The first kappa shape index (κ1) is 19.0. The van der Waals surface area contributed by atoms with Crippen molar-refractivity contribution in [2.75, 3.05) is 31.5 Å². The van der Waals surface area contributed by atoms with E-state index in [-0.39, 0.29) is 5.92 Å². The minimum atomic E-state index is -3.47. The fourth-order valence-electron chi connectivity index (χ4n) is 3.98. The van der Waals surface area contributed by atoms with Crippen LogP contribution < -0.4 is 16.0 Å². The highest BCUT2D eigenvalue weighted by Gasteiger charge is 2.36. The van der Waals surface area contributed by atoms with E-state index in [1.54, 1.807) is 24.3 Å². The summed E-state index contributed by atoms with van der Waals surface area (Å²) in [6.45, 7) is 3.33. The lowest BCUT2D eigenvalue weighted by molar-refractivity contribution is 0.357. The van der Waals surface area contributed by atoms with Gasteiger partial charge in [-0.15, -0.1) is 0 Å². The highest BCUT2D eigenvalue weighted by molar-refractivity contribution is 7.91. The maximum atomic E-state index is 13.5. The number of hydrogen-bond donors (Lipinski definition) is 3. The fourth-order valence-corrected chi connectivity index (χ4v) is 6.11. The van der Waals surface area contributed by atoms with Crippen LogP contribution in [0, 0.1) is 5.92 Å². The number of hydrogen-bond acceptors (Lipinski definition) is 6. The quantitative estimate of drug-likeness (QED) is 0.721. The first-order valence-electron chi connectivity index (χ1n) is 9.79. The van der Waals surface area contributed by atoms with Crippen LogP contribution in [0.25, 0.3) is 0 Å². The lowest BCUT2D eigenvalue weighted by Crippen LogP contribution is -2.33. The highest BCUT2D eigenvalue weighted by Crippen LogP contribution is 2.39. The molecular formula is C21H26N4O2S. The molecule has 1 saturated heterocycles. The molecule has 1 fully saturated rings. The summed E-state index contributed by atoms with van der Waals surface area (Å²) >= 11 is 0. The molecule has 0 aliphatic carbocycles. The molecule has 1 atom stereocenters. The maximum Gasteiger partial charge on any atom is 0.195 e. The zero-order chi connectivity index (χ0) is 19.4. The van der Waals surface area contributed by atoms with Crippen LogP contribution in [0.4, 0.5) is 5.69 Å². The van der Waals surface area contributed by atoms with E-state index < -0.39 is 15.1 Å². The minimum absolute atomic E-state index is 0.103. The van der Waals surface area contributed by atoms with Crippen LogP contribution in [0.2, 0.25) is 0 Å². The molecule has 4 rings (SSSR count). The molecule has 6 nitrogen and oxygen atoms in total. The zero-order valence-corrected chi connectivity index (χ0v) is 16.6. The minimum Gasteiger partial charge on any atom is -0.354 e. The summed E-state index contributed by atoms with van der Waals surface area (Å²) in [5.74, 6) is 0.866. The van der Waals surface area contributed by atoms with Crippen LogP contribution >= 0.6 is 0 Å². The number of piperidine rings is 1. The van der Waals surface area contributed by atoms with Crippen LogP contribution in [0.1, 0.15) is 23.7 Å². The Morgan fingerprint density at radius 2 is 1.68 bits per heavy atom. The molecule has 2 aliphatic rings. The summed E-state index contributed by atoms with van der Waals surface area (Å²) < 4.78 is 27.1. The summed E-state index contributed by atoms with van der Waals surface area (Å²) in [5, 5.41) is 9.21. The van der Waals surface area contributed by atoms with Gasteiger partial charge in [0.25, 0.3) is 0 Å². The average Bonchev–Trinajstić information content (AvgIpc) is 3.24. The van der Waals surface area contributed by atoms with Gasteiger partial charge in [-0.3, -0.25) is 4.99 Å². The molecule has 7 heteroatoms. The van der Waals surface area contributed by atoms with Crippen LogP contribution in [-0.2, 0) is 9.84 Å². The largest absolute Gasteiger partial charge is 0.354 e. The fraction of sp³-hybridized carbons (Fsp3) is 0.381. The summed E-state index contributed by atoms with van der Waals surface area (Å²) in [6, 6.07) is 16.6. The first-order chi connectivity index (χ1) is 13.6. The molecule has 148 valence electrons. The van der Waals surface area contributed by atoms with E-state index in [0.717, 1.165) is 56.2 Å². The van der Waals surface area contributed by atoms with Crippen LogP contribution in [0.3, 0.4) is 0 Å². The Labute approximate surface area is 166 Å². The van der Waals surface area contributed by atoms with Gasteiger partial charge in [0.2, 0.25) is 0 Å². The second-order valence-corrected chi connectivity index (χ2v) is 9.34. The number of benzene rings is 2. The predicted molar refractivity (Wildman–Crippen MR) is 112 cm³/mol. The number of anilines is 1. The zero-order valence-electron chi connectivity index (χ0n) is 15.8. The molecule has 0 bridgehead atoms. The third-order valence-electron chi connectivity index (χ3n) is 5.39. The van der Waals surface area contributed by atoms with Crippen molar-refractivity contribution in [2.24, 2.45) is 10.9 Å². The Morgan fingerprint density at radius 1 is 0.964 bits per heavy atom. The third kappa shape index (κ3) is 4.05. The summed E-state index contributed by atoms with van der Waals surface area (Å²) in [7, 11) is -3.47. The second kappa shape index (κ2) is 8.32. The molecule has 0 radical (unpaired) electrons. The number of nitrogens with one attached hydrogen (secondary N) is 3. The molecular weight excluding hydrogens is 372 g/mol. The molecule has 2 aliphatic heterocycles. The molecule has 0 aromatic heterocycles. The van der Waals surface area contributed by atoms with Gasteiger partial charge in [-0.05, 0) is 61.7 Å². The molecule has 0 amide bonds. The predicted octanol–water partition coefficient (Wildman–Crippen LogP) is 2.57. The molecule has 1 unspecified atom stereocenters. The summed E-state index contributed by atoms with van der Waals surface area (Å²) in [6.07, 6.45) is 1.72. The summed E-state index contributed by atoms with van der Waals surface area (Å²) in [4.78, 5) is 4.73. The van der Waals surface area contributed by atoms with Gasteiger partial charge in [0.1, 0.15) is 0 Å². The van der Waals surface area contributed by atoms with Gasteiger partial charge in [-0.25, -0.2) is 8.42 Å². The van der Waals surface area contributed by atoms with Gasteiger partial charge < -0.3 is 16.0 Å². The van der Waals surface area contributed by atoms with E-state index >= 15 is 0 Å². The topological polar surface area (TPSA) is 82.6 Å². The average molecular weight is 399 g/mol. The van der Waals surface area contributed by atoms with Gasteiger partial charge in [-0.2, -0.15) is 0 Å². The number of rotatable bonds is 5. The highest BCUT2D eigenvalue weighted by atomic mass is 32.2. The van der Waals surface area contributed by atoms with Gasteiger partial charge in [-0.1, -0.05) is 30.3 Å². The van der Waals surface area contributed by atoms with Crippen molar-refractivity contribution in [3.05, 3.63) is 60.2 Å². The number of guanidine groups is 1. The van der Waals surface area contributed by atoms with Crippen LogP contribution in [0.5, 0.6) is 0 Å². The van der Waals surface area contributed by atoms with E-state index in [0.29, 0.717) is 4.90 Å². The molecule has 3 N–H and O–H groups in total. The molecule has 0 spiro atoms. The van der Waals surface area contributed by atoms with Gasteiger partial charge >= 0.3 is 0 Å². The van der Waals surface area contributed by atoms with E-state index in [2.05, 4.69) is 20.9 Å². The Hall–Kier alpha value is -2.38. The van der Waals surface area contributed by atoms with Gasteiger partial charge in [0.05, 0.1) is 16.7 Å². The number of aliphatic imine (C=N–C) groups is 1. The molecule has 2 aromatic rings. The van der Waals surface area contributed by atoms with Crippen molar-refractivity contribution in [1.82, 2.24) is 10.6 Å². The SMILES string of the molecule is O=S(=O)(c1ccccc1)C(c1ccc(NC2=NCCN2)cc1)C1CCNCC1. The first-order valence-corrected chi connectivity index (χ1v) is 11.3. The Bertz CT molecular complexity index is 921. The monoisotopic (exact) mass is 398 g/mol. The lowest BCUT2D eigenvalue weighted by Gasteiger charge is -2.31. The van der Waals surface area contributed by atoms with Crippen molar-refractivity contribution in [3.8, 4) is 0 Å². The van der Waals surface area contributed by atoms with E-state index in [1.807, 2.05) is 30.3 Å². The van der Waals surface area contributed by atoms with Crippen molar-refractivity contribution >= 4 is 21.5 Å². The molecule has 0 saturated carbocycles.